The summed E-state index contributed by atoms with van der Waals surface area (Å²) in [5.41, 5.74) is 5.34. The van der Waals surface area contributed by atoms with Gasteiger partial charge in [0.25, 0.3) is 0 Å². The van der Waals surface area contributed by atoms with Crippen LogP contribution in [0.1, 0.15) is 57.1 Å². The van der Waals surface area contributed by atoms with E-state index in [4.69, 9.17) is 0 Å². The SMILES string of the molecule is CC(=O)N(C)CC1CC([C@H](C2CCC2)C2NNCN2C)CC(n2cc3c(C(F)(F)F)cccn3c2=O)C1. The van der Waals surface area contributed by atoms with Crippen LogP contribution in [0.25, 0.3) is 5.52 Å². The smallest absolute Gasteiger partial charge is 0.346 e. The largest absolute Gasteiger partial charge is 0.418 e. The normalized spacial score (nSPS) is 28.4. The Morgan fingerprint density at radius 1 is 1.22 bits per heavy atom. The molecular weight excluding hydrogens is 485 g/mol. The monoisotopic (exact) mass is 522 g/mol. The highest BCUT2D eigenvalue weighted by Crippen LogP contribution is 2.48. The van der Waals surface area contributed by atoms with Gasteiger partial charge in [-0.3, -0.25) is 18.7 Å². The topological polar surface area (TPSA) is 74.0 Å². The number of carbonyl (C=O) groups is 1. The van der Waals surface area contributed by atoms with Gasteiger partial charge in [0, 0.05) is 39.0 Å². The van der Waals surface area contributed by atoms with Gasteiger partial charge in [-0.1, -0.05) is 19.3 Å². The minimum atomic E-state index is -4.55. The van der Waals surface area contributed by atoms with E-state index in [0.717, 1.165) is 30.0 Å². The number of alkyl halides is 3. The maximum absolute atomic E-state index is 13.7. The van der Waals surface area contributed by atoms with E-state index in [9.17, 15) is 22.8 Å². The lowest BCUT2D eigenvalue weighted by Gasteiger charge is -2.47. The van der Waals surface area contributed by atoms with Gasteiger partial charge in [-0.2, -0.15) is 13.2 Å². The van der Waals surface area contributed by atoms with E-state index < -0.39 is 17.4 Å². The molecule has 37 heavy (non-hydrogen) atoms. The van der Waals surface area contributed by atoms with E-state index in [1.807, 2.05) is 0 Å². The molecule has 2 saturated carbocycles. The van der Waals surface area contributed by atoms with Crippen LogP contribution < -0.4 is 16.5 Å². The summed E-state index contributed by atoms with van der Waals surface area (Å²) in [4.78, 5) is 29.4. The molecule has 3 heterocycles. The minimum absolute atomic E-state index is 0.0165. The highest BCUT2D eigenvalue weighted by Gasteiger charge is 2.45. The van der Waals surface area contributed by atoms with E-state index in [2.05, 4.69) is 22.8 Å². The maximum atomic E-state index is 13.7. The molecule has 0 bridgehead atoms. The molecule has 204 valence electrons. The quantitative estimate of drug-likeness (QED) is 0.609. The number of pyridine rings is 1. The predicted molar refractivity (Wildman–Crippen MR) is 133 cm³/mol. The summed E-state index contributed by atoms with van der Waals surface area (Å²) < 4.78 is 43.8. The summed E-state index contributed by atoms with van der Waals surface area (Å²) in [5, 5.41) is 0. The van der Waals surface area contributed by atoms with Crippen molar-refractivity contribution in [1.29, 1.82) is 0 Å². The zero-order valence-corrected chi connectivity index (χ0v) is 21.7. The van der Waals surface area contributed by atoms with Crippen LogP contribution in [-0.4, -0.2) is 58.1 Å². The first-order valence-electron chi connectivity index (χ1n) is 13.2. The van der Waals surface area contributed by atoms with Crippen molar-refractivity contribution in [2.45, 2.75) is 63.8 Å². The van der Waals surface area contributed by atoms with Crippen molar-refractivity contribution in [2.75, 3.05) is 27.3 Å². The molecule has 0 aromatic carbocycles. The van der Waals surface area contributed by atoms with Crippen molar-refractivity contribution < 1.29 is 18.0 Å². The van der Waals surface area contributed by atoms with Crippen molar-refractivity contribution >= 4 is 11.4 Å². The van der Waals surface area contributed by atoms with Gasteiger partial charge in [0.1, 0.15) is 0 Å². The molecule has 5 atom stereocenters. The molecule has 1 amide bonds. The second kappa shape index (κ2) is 10.1. The van der Waals surface area contributed by atoms with Crippen molar-refractivity contribution in [3.63, 3.8) is 0 Å². The van der Waals surface area contributed by atoms with Gasteiger partial charge in [-0.25, -0.2) is 15.6 Å². The Kier molecular flexibility index (Phi) is 7.14. The van der Waals surface area contributed by atoms with Crippen LogP contribution in [0.4, 0.5) is 13.2 Å². The summed E-state index contributed by atoms with van der Waals surface area (Å²) in [6.45, 7) is 2.86. The van der Waals surface area contributed by atoms with Crippen LogP contribution in [0.3, 0.4) is 0 Å². The standard InChI is InChI=1S/C26H37F3N6O2/c1-16(36)32(2)13-17-10-19(23(18-6-4-7-18)24-31-30-15-33(24)3)12-20(11-17)35-14-22-21(26(27,28)29)8-5-9-34(22)25(35)37/h5,8-9,14,17-20,23-24,30-31H,4,6-7,10-13,15H2,1-3H3/t17?,19?,20?,23-,24?/m0/s1. The van der Waals surface area contributed by atoms with Crippen molar-refractivity contribution in [3.8, 4) is 0 Å². The number of hydrogen-bond donors (Lipinski definition) is 2. The fourth-order valence-corrected chi connectivity index (χ4v) is 6.89. The number of hydrogen-bond acceptors (Lipinski definition) is 5. The molecule has 2 aromatic rings. The lowest BCUT2D eigenvalue weighted by atomic mass is 9.63. The van der Waals surface area contributed by atoms with E-state index in [0.29, 0.717) is 24.8 Å². The molecule has 8 nitrogen and oxygen atoms in total. The van der Waals surface area contributed by atoms with Gasteiger partial charge < -0.3 is 4.90 Å². The Morgan fingerprint density at radius 2 is 1.97 bits per heavy atom. The van der Waals surface area contributed by atoms with Gasteiger partial charge >= 0.3 is 11.9 Å². The zero-order chi connectivity index (χ0) is 26.5. The Hall–Kier alpha value is -2.37. The number of fused-ring (bicyclic) bond motifs is 1. The number of rotatable bonds is 6. The van der Waals surface area contributed by atoms with Crippen LogP contribution in [0.5, 0.6) is 0 Å². The molecule has 1 aliphatic heterocycles. The average Bonchev–Trinajstić information content (AvgIpc) is 3.38. The second-order valence-electron chi connectivity index (χ2n) is 11.3. The number of carbonyl (C=O) groups excluding carboxylic acids is 1. The third-order valence-corrected chi connectivity index (χ3v) is 8.96. The number of hydrazine groups is 1. The van der Waals surface area contributed by atoms with Gasteiger partial charge in [0.2, 0.25) is 5.91 Å². The highest BCUT2D eigenvalue weighted by molar-refractivity contribution is 5.72. The summed E-state index contributed by atoms with van der Waals surface area (Å²) in [6, 6.07) is 2.06. The highest BCUT2D eigenvalue weighted by atomic mass is 19.4. The second-order valence-corrected chi connectivity index (χ2v) is 11.3. The molecule has 2 aromatic heterocycles. The molecule has 3 aliphatic rings. The van der Waals surface area contributed by atoms with E-state index in [-0.39, 0.29) is 35.5 Å². The fraction of sp³-hybridized carbons (Fsp3) is 0.692. The van der Waals surface area contributed by atoms with E-state index >= 15 is 0 Å². The van der Waals surface area contributed by atoms with Crippen LogP contribution in [0, 0.1) is 23.7 Å². The first-order chi connectivity index (χ1) is 17.5. The minimum Gasteiger partial charge on any atom is -0.346 e. The van der Waals surface area contributed by atoms with Crippen molar-refractivity contribution in [1.82, 2.24) is 29.6 Å². The van der Waals surface area contributed by atoms with Crippen LogP contribution in [0.2, 0.25) is 0 Å². The molecule has 4 unspecified atom stereocenters. The molecule has 2 N–H and O–H groups in total. The third-order valence-electron chi connectivity index (χ3n) is 8.96. The fourth-order valence-electron chi connectivity index (χ4n) is 6.89. The van der Waals surface area contributed by atoms with Gasteiger partial charge in [0.05, 0.1) is 23.9 Å². The zero-order valence-electron chi connectivity index (χ0n) is 21.7. The number of nitrogens with one attached hydrogen (secondary N) is 2. The molecule has 3 fully saturated rings. The molecule has 2 aliphatic carbocycles. The predicted octanol–water partition coefficient (Wildman–Crippen LogP) is 3.30. The van der Waals surface area contributed by atoms with Crippen LogP contribution >= 0.6 is 0 Å². The summed E-state index contributed by atoms with van der Waals surface area (Å²) in [7, 11) is 3.88. The summed E-state index contributed by atoms with van der Waals surface area (Å²) in [5.74, 6) is 1.32. The maximum Gasteiger partial charge on any atom is 0.418 e. The Balaban J connectivity index is 1.52. The number of aromatic nitrogens is 2. The van der Waals surface area contributed by atoms with Crippen LogP contribution in [0.15, 0.2) is 29.3 Å². The lowest BCUT2D eigenvalue weighted by Crippen LogP contribution is -2.51. The van der Waals surface area contributed by atoms with Gasteiger partial charge in [0.15, 0.2) is 0 Å². The average molecular weight is 523 g/mol. The molecule has 5 rings (SSSR count). The van der Waals surface area contributed by atoms with E-state index in [1.165, 1.54) is 42.3 Å². The summed E-state index contributed by atoms with van der Waals surface area (Å²) in [6.07, 6.45) is 4.26. The third kappa shape index (κ3) is 5.05. The van der Waals surface area contributed by atoms with Crippen molar-refractivity contribution in [3.05, 3.63) is 40.6 Å². The summed E-state index contributed by atoms with van der Waals surface area (Å²) >= 11 is 0. The van der Waals surface area contributed by atoms with E-state index in [1.54, 1.807) is 18.9 Å². The van der Waals surface area contributed by atoms with Gasteiger partial charge in [-0.15, -0.1) is 0 Å². The number of amides is 1. The molecular formula is C26H37F3N6O2. The Morgan fingerprint density at radius 3 is 2.57 bits per heavy atom. The Labute approximate surface area is 214 Å². The molecule has 1 saturated heterocycles. The molecule has 0 radical (unpaired) electrons. The number of imidazole rings is 1. The number of halogens is 3. The first kappa shape index (κ1) is 26.2. The Bertz CT molecular complexity index is 1190. The number of nitrogens with zero attached hydrogens (tertiary/aromatic N) is 4. The van der Waals surface area contributed by atoms with Gasteiger partial charge in [-0.05, 0) is 62.1 Å². The molecule has 0 spiro atoms. The van der Waals surface area contributed by atoms with Crippen molar-refractivity contribution in [2.24, 2.45) is 23.7 Å². The van der Waals surface area contributed by atoms with Crippen LogP contribution in [-0.2, 0) is 11.0 Å². The lowest BCUT2D eigenvalue weighted by molar-refractivity contribution is -0.136. The molecule has 11 heteroatoms. The first-order valence-corrected chi connectivity index (χ1v) is 13.2.